The second kappa shape index (κ2) is 15.2. The summed E-state index contributed by atoms with van der Waals surface area (Å²) in [5.74, 6) is 1.58. The van der Waals surface area contributed by atoms with Gasteiger partial charge in [-0.05, 0) is 12.0 Å². The predicted octanol–water partition coefficient (Wildman–Crippen LogP) is 4.10. The second-order valence-electron chi connectivity index (χ2n) is 6.00. The van der Waals surface area contributed by atoms with Crippen molar-refractivity contribution in [1.82, 2.24) is 0 Å². The molecule has 0 amide bonds. The van der Waals surface area contributed by atoms with Gasteiger partial charge in [0.1, 0.15) is 15.7 Å². The third kappa shape index (κ3) is 8.10. The van der Waals surface area contributed by atoms with Crippen LogP contribution in [0.5, 0.6) is 0 Å². The zero-order chi connectivity index (χ0) is 16.2. The molecule has 0 bridgehead atoms. The maximum atomic E-state index is 5.76. The zero-order valence-corrected chi connectivity index (χ0v) is 20.8. The average molecular weight is 480 g/mol. The fourth-order valence-electron chi connectivity index (χ4n) is 3.01. The molecule has 0 aliphatic carbocycles. The summed E-state index contributed by atoms with van der Waals surface area (Å²) in [6.07, 6.45) is 5.05. The van der Waals surface area contributed by atoms with E-state index in [1.807, 2.05) is 0 Å². The Bertz CT molecular complexity index is 311. The van der Waals surface area contributed by atoms with Crippen LogP contribution in [0.2, 0.25) is 0 Å². The van der Waals surface area contributed by atoms with Crippen molar-refractivity contribution in [2.75, 3.05) is 0 Å². The molecular weight excluding hydrogens is 448 g/mol. The van der Waals surface area contributed by atoms with Crippen LogP contribution in [0, 0.1) is 49.7 Å². The first-order valence-corrected chi connectivity index (χ1v) is 8.05. The quantitative estimate of drug-likeness (QED) is 0.448. The van der Waals surface area contributed by atoms with Crippen LogP contribution in [0.1, 0.15) is 54.4 Å². The molecule has 0 aromatic rings. The van der Waals surface area contributed by atoms with E-state index in [-0.39, 0.29) is 90.8 Å². The first kappa shape index (κ1) is 31.0. The van der Waals surface area contributed by atoms with E-state index < -0.39 is 0 Å². The molecule has 0 N–H and O–H groups in total. The summed E-state index contributed by atoms with van der Waals surface area (Å²) in [6.45, 7) is 16.3. The normalized spacial score (nSPS) is 35.9. The summed E-state index contributed by atoms with van der Waals surface area (Å²) in [5.41, 5.74) is 0. The predicted molar refractivity (Wildman–Crippen MR) is 95.7 cm³/mol. The van der Waals surface area contributed by atoms with Crippen LogP contribution in [0.15, 0.2) is 0 Å². The standard InChI is InChI=1S/C9H15BO.C8H13BO.CH4.2Y/c1-4-7-6(3)8(5-2)11-9(7)10;1-4-7-5(2)6(3)8(9)10-7;;;/h6-7,9H,1,4-5H2,2-3H3;5-6,8H,3-4H2,1-2H3;1H4;;/q2*-2;;;/t6?,7-,9-;5?,6-,8+;;;/m10.../s1. The van der Waals surface area contributed by atoms with Gasteiger partial charge in [-0.1, -0.05) is 41.0 Å². The van der Waals surface area contributed by atoms with Gasteiger partial charge in [0.15, 0.2) is 0 Å². The van der Waals surface area contributed by atoms with Crippen molar-refractivity contribution in [2.24, 2.45) is 23.7 Å². The number of hydrogen-bond acceptors (Lipinski definition) is 2. The molecule has 2 aliphatic rings. The minimum absolute atomic E-state index is 0. The molecule has 2 saturated heterocycles. The first-order valence-electron chi connectivity index (χ1n) is 8.05. The van der Waals surface area contributed by atoms with Gasteiger partial charge in [0.25, 0.3) is 0 Å². The third-order valence-corrected chi connectivity index (χ3v) is 4.75. The van der Waals surface area contributed by atoms with E-state index in [1.165, 1.54) is 0 Å². The Hall–Kier alpha value is 2.26. The SMILES string of the molecule is C.[B][C@@H]1O[C-](CC)C(C)[C@@H]1[CH2-].[B][C@@H]1O[C-](CC)C(C)[C@H]1C[CH2-].[Y].[Y]. The Kier molecular flexibility index (Phi) is 19.6. The summed E-state index contributed by atoms with van der Waals surface area (Å²) in [4.78, 5) is 0. The van der Waals surface area contributed by atoms with Crippen LogP contribution in [0.3, 0.4) is 0 Å². The molecule has 2 fully saturated rings. The fraction of sp³-hybridized carbons (Fsp3) is 0.778. The fourth-order valence-corrected chi connectivity index (χ4v) is 3.01. The summed E-state index contributed by atoms with van der Waals surface area (Å²) < 4.78 is 10.8. The summed E-state index contributed by atoms with van der Waals surface area (Å²) >= 11 is 0. The van der Waals surface area contributed by atoms with Crippen LogP contribution in [-0.4, -0.2) is 27.7 Å². The van der Waals surface area contributed by atoms with E-state index in [2.05, 4.69) is 41.5 Å². The van der Waals surface area contributed by atoms with Gasteiger partial charge in [-0.15, -0.1) is 5.92 Å². The minimum atomic E-state index is -0.176. The van der Waals surface area contributed by atoms with Gasteiger partial charge in [-0.3, -0.25) is 0 Å². The van der Waals surface area contributed by atoms with E-state index in [1.54, 1.807) is 0 Å². The second-order valence-corrected chi connectivity index (χ2v) is 6.00. The Morgan fingerprint density at radius 2 is 1.33 bits per heavy atom. The van der Waals surface area contributed by atoms with Crippen molar-refractivity contribution in [3.05, 3.63) is 26.1 Å². The van der Waals surface area contributed by atoms with E-state index in [9.17, 15) is 0 Å². The van der Waals surface area contributed by atoms with Crippen molar-refractivity contribution in [3.8, 4) is 0 Å². The Morgan fingerprint density at radius 3 is 1.54 bits per heavy atom. The molecule has 0 aromatic heterocycles. The largest absolute Gasteiger partial charge is 0.555 e. The van der Waals surface area contributed by atoms with Crippen molar-refractivity contribution in [3.63, 3.8) is 0 Å². The van der Waals surface area contributed by atoms with Crippen LogP contribution in [0.4, 0.5) is 0 Å². The molecule has 132 valence electrons. The van der Waals surface area contributed by atoms with Gasteiger partial charge in [0, 0.05) is 65.4 Å². The monoisotopic (exact) mass is 480 g/mol. The Balaban J connectivity index is -0.000000328. The first-order chi connectivity index (χ1) is 9.87. The molecule has 0 saturated carbocycles. The van der Waals surface area contributed by atoms with Gasteiger partial charge in [0.2, 0.25) is 0 Å². The van der Waals surface area contributed by atoms with Crippen molar-refractivity contribution < 1.29 is 74.9 Å². The van der Waals surface area contributed by atoms with Crippen LogP contribution in [-0.2, 0) is 74.9 Å². The molecule has 6 heteroatoms. The number of rotatable bonds is 3. The summed E-state index contributed by atoms with van der Waals surface area (Å²) in [6, 6.07) is -0.289. The summed E-state index contributed by atoms with van der Waals surface area (Å²) in [5, 5.41) is 0. The molecule has 2 aliphatic heterocycles. The van der Waals surface area contributed by atoms with Crippen molar-refractivity contribution in [1.29, 1.82) is 0 Å². The molecule has 2 heterocycles. The van der Waals surface area contributed by atoms with E-state index in [0.29, 0.717) is 17.8 Å². The smallest absolute Gasteiger partial charge is 0.104 e. The van der Waals surface area contributed by atoms with Crippen LogP contribution in [0.25, 0.3) is 0 Å². The van der Waals surface area contributed by atoms with E-state index in [4.69, 9.17) is 25.2 Å². The molecule has 6 atom stereocenters. The molecule has 2 nitrogen and oxygen atoms in total. The summed E-state index contributed by atoms with van der Waals surface area (Å²) in [7, 11) is 11.4. The number of hydrogen-bond donors (Lipinski definition) is 0. The maximum absolute atomic E-state index is 5.76. The van der Waals surface area contributed by atoms with Gasteiger partial charge in [0.05, 0.1) is 0 Å². The van der Waals surface area contributed by atoms with Gasteiger partial charge >= 0.3 is 0 Å². The van der Waals surface area contributed by atoms with Crippen LogP contribution < -0.4 is 0 Å². The molecule has 0 spiro atoms. The number of ether oxygens (including phenoxy) is 2. The molecular formula is C18H32B2O2Y2-4. The molecule has 2 unspecified atom stereocenters. The van der Waals surface area contributed by atoms with E-state index >= 15 is 0 Å². The van der Waals surface area contributed by atoms with Crippen molar-refractivity contribution >= 4 is 15.7 Å². The Morgan fingerprint density at radius 1 is 0.917 bits per heavy atom. The topological polar surface area (TPSA) is 18.5 Å². The maximum Gasteiger partial charge on any atom is 0.104 e. The third-order valence-electron chi connectivity index (χ3n) is 4.75. The minimum Gasteiger partial charge on any atom is -0.555 e. The van der Waals surface area contributed by atoms with Gasteiger partial charge < -0.3 is 23.3 Å². The van der Waals surface area contributed by atoms with Crippen molar-refractivity contribution in [2.45, 2.75) is 66.4 Å². The molecule has 2 rings (SSSR count). The van der Waals surface area contributed by atoms with Gasteiger partial charge in [-0.25, -0.2) is 0 Å². The molecule has 24 heavy (non-hydrogen) atoms. The average Bonchev–Trinajstić information content (AvgIpc) is 2.89. The molecule has 6 radical (unpaired) electrons. The van der Waals surface area contributed by atoms with E-state index in [0.717, 1.165) is 31.5 Å². The molecule has 0 aromatic carbocycles. The Labute approximate surface area is 204 Å². The van der Waals surface area contributed by atoms with Gasteiger partial charge in [-0.2, -0.15) is 43.3 Å². The zero-order valence-electron chi connectivity index (χ0n) is 15.1. The van der Waals surface area contributed by atoms with Crippen LogP contribution >= 0.6 is 0 Å².